The lowest BCUT2D eigenvalue weighted by Crippen LogP contribution is -2.42. The number of halogens is 1. The van der Waals surface area contributed by atoms with E-state index in [1.165, 1.54) is 18.5 Å². The molecule has 28 heavy (non-hydrogen) atoms. The van der Waals surface area contributed by atoms with Gasteiger partial charge in [-0.15, -0.1) is 24.0 Å². The van der Waals surface area contributed by atoms with Crippen molar-refractivity contribution < 1.29 is 4.79 Å². The minimum atomic E-state index is 0. The van der Waals surface area contributed by atoms with E-state index >= 15 is 0 Å². The van der Waals surface area contributed by atoms with Crippen LogP contribution >= 0.6 is 24.0 Å². The number of nitrogens with zero attached hydrogens (tertiary/aromatic N) is 3. The van der Waals surface area contributed by atoms with Crippen molar-refractivity contribution in [3.8, 4) is 0 Å². The van der Waals surface area contributed by atoms with E-state index in [1.54, 1.807) is 0 Å². The molecule has 156 valence electrons. The van der Waals surface area contributed by atoms with Gasteiger partial charge in [-0.05, 0) is 37.9 Å². The van der Waals surface area contributed by atoms with Crippen molar-refractivity contribution in [3.63, 3.8) is 0 Å². The van der Waals surface area contributed by atoms with E-state index in [0.717, 1.165) is 45.1 Å². The lowest BCUT2D eigenvalue weighted by Gasteiger charge is -2.19. The summed E-state index contributed by atoms with van der Waals surface area (Å²) in [4.78, 5) is 21.0. The molecule has 2 unspecified atom stereocenters. The van der Waals surface area contributed by atoms with Gasteiger partial charge in [0.05, 0.1) is 0 Å². The molecule has 2 atom stereocenters. The maximum Gasteiger partial charge on any atom is 0.223 e. The second-order valence-corrected chi connectivity index (χ2v) is 7.90. The first-order chi connectivity index (χ1) is 13.1. The van der Waals surface area contributed by atoms with Crippen molar-refractivity contribution >= 4 is 35.8 Å². The van der Waals surface area contributed by atoms with Gasteiger partial charge in [0.25, 0.3) is 0 Å². The predicted molar refractivity (Wildman–Crippen MR) is 125 cm³/mol. The van der Waals surface area contributed by atoms with Crippen molar-refractivity contribution in [1.29, 1.82) is 0 Å². The molecule has 2 aliphatic rings. The first-order valence-electron chi connectivity index (χ1n) is 10.1. The SMILES string of the molecule is CN=C(NCC1CCN(C)C1)NCC1CC(=O)N(CCc2ccccc2)C1.I. The molecule has 0 saturated carbocycles. The number of hydrogen-bond donors (Lipinski definition) is 2. The molecular weight excluding hydrogens is 465 g/mol. The van der Waals surface area contributed by atoms with Gasteiger partial charge in [-0.25, -0.2) is 0 Å². The van der Waals surface area contributed by atoms with Crippen molar-refractivity contribution in [3.05, 3.63) is 35.9 Å². The highest BCUT2D eigenvalue weighted by molar-refractivity contribution is 14.0. The maximum atomic E-state index is 12.3. The summed E-state index contributed by atoms with van der Waals surface area (Å²) in [6.45, 7) is 5.72. The molecule has 1 aromatic carbocycles. The first-order valence-corrected chi connectivity index (χ1v) is 10.1. The molecule has 2 fully saturated rings. The Morgan fingerprint density at radius 2 is 1.86 bits per heavy atom. The third kappa shape index (κ3) is 6.92. The highest BCUT2D eigenvalue weighted by Crippen LogP contribution is 2.18. The quantitative estimate of drug-likeness (QED) is 0.342. The first kappa shape index (κ1) is 22.9. The Labute approximate surface area is 186 Å². The van der Waals surface area contributed by atoms with E-state index in [9.17, 15) is 4.79 Å². The van der Waals surface area contributed by atoms with E-state index in [4.69, 9.17) is 0 Å². The fourth-order valence-electron chi connectivity index (χ4n) is 4.01. The molecule has 0 radical (unpaired) electrons. The molecular formula is C21H34IN5O. The maximum absolute atomic E-state index is 12.3. The second kappa shape index (κ2) is 11.6. The summed E-state index contributed by atoms with van der Waals surface area (Å²) in [6.07, 6.45) is 2.80. The van der Waals surface area contributed by atoms with Crippen LogP contribution in [-0.2, 0) is 11.2 Å². The lowest BCUT2D eigenvalue weighted by atomic mass is 10.1. The van der Waals surface area contributed by atoms with E-state index in [2.05, 4.69) is 51.8 Å². The van der Waals surface area contributed by atoms with Crippen molar-refractivity contribution in [2.45, 2.75) is 19.3 Å². The number of amides is 1. The average molecular weight is 499 g/mol. The largest absolute Gasteiger partial charge is 0.356 e. The van der Waals surface area contributed by atoms with Gasteiger partial charge in [0.2, 0.25) is 5.91 Å². The molecule has 1 amide bonds. The molecule has 0 bridgehead atoms. The Bertz CT molecular complexity index is 639. The van der Waals surface area contributed by atoms with Gasteiger partial charge >= 0.3 is 0 Å². The van der Waals surface area contributed by atoms with Crippen molar-refractivity contribution in [2.75, 3.05) is 53.4 Å². The molecule has 7 heteroatoms. The number of guanidine groups is 1. The molecule has 0 spiro atoms. The minimum Gasteiger partial charge on any atom is -0.356 e. The summed E-state index contributed by atoms with van der Waals surface area (Å²) in [5.74, 6) is 2.16. The van der Waals surface area contributed by atoms with Crippen molar-refractivity contribution in [2.24, 2.45) is 16.8 Å². The second-order valence-electron chi connectivity index (χ2n) is 7.90. The molecule has 3 rings (SSSR count). The van der Waals surface area contributed by atoms with Crippen LogP contribution < -0.4 is 10.6 Å². The third-order valence-electron chi connectivity index (χ3n) is 5.64. The van der Waals surface area contributed by atoms with Crippen LogP contribution in [0.1, 0.15) is 18.4 Å². The van der Waals surface area contributed by atoms with Gasteiger partial charge in [0.1, 0.15) is 0 Å². The molecule has 2 N–H and O–H groups in total. The van der Waals surface area contributed by atoms with E-state index in [-0.39, 0.29) is 29.9 Å². The number of benzene rings is 1. The van der Waals surface area contributed by atoms with Crippen LogP contribution in [-0.4, -0.2) is 75.0 Å². The number of carbonyl (C=O) groups excluding carboxylic acids is 1. The molecule has 0 aromatic heterocycles. The average Bonchev–Trinajstić information content (AvgIpc) is 3.26. The van der Waals surface area contributed by atoms with Gasteiger partial charge in [0, 0.05) is 52.1 Å². The number of hydrogen-bond acceptors (Lipinski definition) is 3. The Kier molecular flexibility index (Phi) is 9.50. The van der Waals surface area contributed by atoms with E-state index < -0.39 is 0 Å². The van der Waals surface area contributed by atoms with E-state index in [0.29, 0.717) is 18.3 Å². The zero-order valence-corrected chi connectivity index (χ0v) is 19.4. The van der Waals surface area contributed by atoms with Gasteiger partial charge in [0.15, 0.2) is 5.96 Å². The summed E-state index contributed by atoms with van der Waals surface area (Å²) >= 11 is 0. The summed E-state index contributed by atoms with van der Waals surface area (Å²) in [6, 6.07) is 10.4. The highest BCUT2D eigenvalue weighted by atomic mass is 127. The van der Waals surface area contributed by atoms with Crippen LogP contribution in [0.2, 0.25) is 0 Å². The minimum absolute atomic E-state index is 0. The molecule has 6 nitrogen and oxygen atoms in total. The fraction of sp³-hybridized carbons (Fsp3) is 0.619. The Hall–Kier alpha value is -1.35. The molecule has 0 aliphatic carbocycles. The van der Waals surface area contributed by atoms with Gasteiger partial charge in [-0.1, -0.05) is 30.3 Å². The number of rotatable bonds is 7. The molecule has 2 aliphatic heterocycles. The van der Waals surface area contributed by atoms with Crippen LogP contribution in [0.15, 0.2) is 35.3 Å². The highest BCUT2D eigenvalue weighted by Gasteiger charge is 2.29. The Morgan fingerprint density at radius 3 is 2.50 bits per heavy atom. The summed E-state index contributed by atoms with van der Waals surface area (Å²) in [5.41, 5.74) is 1.29. The monoisotopic (exact) mass is 499 g/mol. The zero-order valence-electron chi connectivity index (χ0n) is 17.1. The van der Waals surface area contributed by atoms with Crippen LogP contribution in [0.5, 0.6) is 0 Å². The predicted octanol–water partition coefficient (Wildman–Crippen LogP) is 1.81. The van der Waals surface area contributed by atoms with Gasteiger partial charge in [-0.3, -0.25) is 9.79 Å². The Balaban J connectivity index is 0.00000280. The molecule has 2 heterocycles. The van der Waals surface area contributed by atoms with Crippen molar-refractivity contribution in [1.82, 2.24) is 20.4 Å². The smallest absolute Gasteiger partial charge is 0.223 e. The standard InChI is InChI=1S/C21H33N5O.HI/c1-22-21(23-13-18-8-10-25(2)15-18)24-14-19-12-20(27)26(16-19)11-9-17-6-4-3-5-7-17;/h3-7,18-19H,8-16H2,1-2H3,(H2,22,23,24);1H. The zero-order chi connectivity index (χ0) is 19.1. The van der Waals surface area contributed by atoms with Crippen LogP contribution in [0.4, 0.5) is 0 Å². The third-order valence-corrected chi connectivity index (χ3v) is 5.64. The summed E-state index contributed by atoms with van der Waals surface area (Å²) in [7, 11) is 3.98. The van der Waals surface area contributed by atoms with Gasteiger partial charge < -0.3 is 20.4 Å². The topological polar surface area (TPSA) is 60.0 Å². The Morgan fingerprint density at radius 1 is 1.14 bits per heavy atom. The number of nitrogens with one attached hydrogen (secondary N) is 2. The number of aliphatic imine (C=N–C) groups is 1. The molecule has 1 aromatic rings. The molecule has 2 saturated heterocycles. The van der Waals surface area contributed by atoms with Crippen LogP contribution in [0.25, 0.3) is 0 Å². The number of carbonyl (C=O) groups is 1. The van der Waals surface area contributed by atoms with Crippen LogP contribution in [0.3, 0.4) is 0 Å². The number of likely N-dealkylation sites (tertiary alicyclic amines) is 2. The summed E-state index contributed by atoms with van der Waals surface area (Å²) in [5, 5.41) is 6.85. The lowest BCUT2D eigenvalue weighted by molar-refractivity contribution is -0.127. The van der Waals surface area contributed by atoms with Crippen LogP contribution in [0, 0.1) is 11.8 Å². The normalized spacial score (nSPS) is 23.0. The van der Waals surface area contributed by atoms with Gasteiger partial charge in [-0.2, -0.15) is 0 Å². The summed E-state index contributed by atoms with van der Waals surface area (Å²) < 4.78 is 0. The fourth-order valence-corrected chi connectivity index (χ4v) is 4.01. The van der Waals surface area contributed by atoms with E-state index in [1.807, 2.05) is 18.0 Å².